The van der Waals surface area contributed by atoms with Gasteiger partial charge in [0, 0.05) is 24.8 Å². The number of rotatable bonds is 3. The second-order valence-corrected chi connectivity index (χ2v) is 5.99. The highest BCUT2D eigenvalue weighted by atomic mass is 19.1. The highest BCUT2D eigenvalue weighted by Crippen LogP contribution is 2.19. The van der Waals surface area contributed by atoms with Gasteiger partial charge in [-0.2, -0.15) is 0 Å². The summed E-state index contributed by atoms with van der Waals surface area (Å²) in [5.41, 5.74) is 0.399. The summed E-state index contributed by atoms with van der Waals surface area (Å²) in [6, 6.07) is 9.03. The Morgan fingerprint density at radius 1 is 1.21 bits per heavy atom. The van der Waals surface area contributed by atoms with E-state index >= 15 is 0 Å². The van der Waals surface area contributed by atoms with Crippen LogP contribution in [0.4, 0.5) is 14.6 Å². The maximum atomic E-state index is 13.7. The van der Waals surface area contributed by atoms with Gasteiger partial charge in [-0.1, -0.05) is 12.1 Å². The maximum absolute atomic E-state index is 13.7. The number of nitrogens with one attached hydrogen (secondary N) is 1. The zero-order chi connectivity index (χ0) is 17.1. The number of piperidine rings is 1. The molecular formula is C18H19F2N3O. The Bertz CT molecular complexity index is 731. The quantitative estimate of drug-likeness (QED) is 0.940. The predicted molar refractivity (Wildman–Crippen MR) is 88.0 cm³/mol. The monoisotopic (exact) mass is 331 g/mol. The van der Waals surface area contributed by atoms with Crippen molar-refractivity contribution in [2.45, 2.75) is 25.8 Å². The van der Waals surface area contributed by atoms with Crippen LogP contribution in [0.1, 0.15) is 28.9 Å². The topological polar surface area (TPSA) is 45.2 Å². The van der Waals surface area contributed by atoms with Gasteiger partial charge >= 0.3 is 0 Å². The predicted octanol–water partition coefficient (Wildman–Crippen LogP) is 3.07. The molecule has 0 saturated carbocycles. The number of nitrogens with zero attached hydrogens (tertiary/aromatic N) is 2. The van der Waals surface area contributed by atoms with Gasteiger partial charge in [-0.3, -0.25) is 4.79 Å². The lowest BCUT2D eigenvalue weighted by atomic mass is 10.0. The fourth-order valence-corrected chi connectivity index (χ4v) is 2.98. The maximum Gasteiger partial charge on any atom is 0.257 e. The molecule has 4 nitrogen and oxygen atoms in total. The summed E-state index contributed by atoms with van der Waals surface area (Å²) in [7, 11) is 0. The third kappa shape index (κ3) is 3.53. The van der Waals surface area contributed by atoms with Gasteiger partial charge in [0.15, 0.2) is 0 Å². The van der Waals surface area contributed by atoms with Gasteiger partial charge in [-0.05, 0) is 44.0 Å². The summed E-state index contributed by atoms with van der Waals surface area (Å²) in [5.74, 6) is -1.55. The first kappa shape index (κ1) is 16.4. The molecule has 126 valence electrons. The minimum atomic E-state index is -0.847. The number of anilines is 1. The number of carbonyl (C=O) groups is 1. The zero-order valence-corrected chi connectivity index (χ0v) is 13.4. The number of carbonyl (C=O) groups excluding carboxylic acids is 1. The Hall–Kier alpha value is -2.50. The van der Waals surface area contributed by atoms with E-state index in [0.29, 0.717) is 6.54 Å². The second kappa shape index (κ2) is 6.95. The number of aromatic nitrogens is 1. The number of pyridine rings is 1. The zero-order valence-electron chi connectivity index (χ0n) is 13.4. The minimum Gasteiger partial charge on any atom is -0.355 e. The largest absolute Gasteiger partial charge is 0.355 e. The molecule has 1 amide bonds. The normalized spacial score (nSPS) is 17.6. The Morgan fingerprint density at radius 2 is 1.92 bits per heavy atom. The van der Waals surface area contributed by atoms with Gasteiger partial charge in [0.1, 0.15) is 23.0 Å². The van der Waals surface area contributed by atoms with E-state index in [1.807, 2.05) is 25.1 Å². The number of hydrogen-bond donors (Lipinski definition) is 1. The van der Waals surface area contributed by atoms with Crippen LogP contribution >= 0.6 is 0 Å². The lowest BCUT2D eigenvalue weighted by molar-refractivity contribution is 0.0924. The van der Waals surface area contributed by atoms with Gasteiger partial charge in [-0.25, -0.2) is 13.8 Å². The van der Waals surface area contributed by atoms with E-state index in [2.05, 4.69) is 15.2 Å². The van der Waals surface area contributed by atoms with Crippen LogP contribution in [0.2, 0.25) is 0 Å². The molecule has 0 radical (unpaired) electrons. The average molecular weight is 331 g/mol. The van der Waals surface area contributed by atoms with Gasteiger partial charge < -0.3 is 10.2 Å². The van der Waals surface area contributed by atoms with E-state index < -0.39 is 23.1 Å². The van der Waals surface area contributed by atoms with Crippen LogP contribution in [0.25, 0.3) is 0 Å². The number of hydrogen-bond acceptors (Lipinski definition) is 3. The molecule has 1 aromatic carbocycles. The molecule has 2 aromatic rings. The summed E-state index contributed by atoms with van der Waals surface area (Å²) in [4.78, 5) is 18.8. The van der Waals surface area contributed by atoms with E-state index in [4.69, 9.17) is 0 Å². The molecule has 1 fully saturated rings. The Balaban J connectivity index is 1.70. The second-order valence-electron chi connectivity index (χ2n) is 5.99. The van der Waals surface area contributed by atoms with Crippen molar-refractivity contribution in [3.8, 4) is 0 Å². The van der Waals surface area contributed by atoms with Crippen LogP contribution < -0.4 is 10.2 Å². The van der Waals surface area contributed by atoms with Gasteiger partial charge in [0.2, 0.25) is 0 Å². The standard InChI is InChI=1S/C18H19F2N3O/c1-12-5-2-9-16(21-12)23-10-4-6-13(11-23)22-18(24)17-14(19)7-3-8-15(17)20/h2-3,5,7-9,13H,4,6,10-11H2,1H3,(H,22,24)/t13-/m0/s1. The molecule has 0 bridgehead atoms. The van der Waals surface area contributed by atoms with Crippen molar-refractivity contribution in [3.63, 3.8) is 0 Å². The molecule has 24 heavy (non-hydrogen) atoms. The molecule has 6 heteroatoms. The Morgan fingerprint density at radius 3 is 2.62 bits per heavy atom. The smallest absolute Gasteiger partial charge is 0.257 e. The van der Waals surface area contributed by atoms with Gasteiger partial charge in [0.05, 0.1) is 0 Å². The first-order chi connectivity index (χ1) is 11.5. The SMILES string of the molecule is Cc1cccc(N2CCC[C@H](NC(=O)c3c(F)cccc3F)C2)n1. The van der Waals surface area contributed by atoms with Crippen molar-refractivity contribution in [2.24, 2.45) is 0 Å². The molecule has 2 heterocycles. The summed E-state index contributed by atoms with van der Waals surface area (Å²) >= 11 is 0. The van der Waals surface area contributed by atoms with E-state index in [0.717, 1.165) is 43.0 Å². The van der Waals surface area contributed by atoms with Crippen molar-refractivity contribution >= 4 is 11.7 Å². The van der Waals surface area contributed by atoms with E-state index in [1.165, 1.54) is 6.07 Å². The van der Waals surface area contributed by atoms with Crippen molar-refractivity contribution < 1.29 is 13.6 Å². The van der Waals surface area contributed by atoms with Crippen molar-refractivity contribution in [2.75, 3.05) is 18.0 Å². The summed E-state index contributed by atoms with van der Waals surface area (Å²) in [5, 5.41) is 2.74. The first-order valence-corrected chi connectivity index (χ1v) is 7.98. The molecule has 0 spiro atoms. The molecule has 0 aliphatic carbocycles. The van der Waals surface area contributed by atoms with Gasteiger partial charge in [0.25, 0.3) is 5.91 Å². The number of amides is 1. The molecule has 1 N–H and O–H groups in total. The molecule has 1 aliphatic heterocycles. The van der Waals surface area contributed by atoms with Gasteiger partial charge in [-0.15, -0.1) is 0 Å². The molecule has 1 aromatic heterocycles. The third-order valence-electron chi connectivity index (χ3n) is 4.14. The Kier molecular flexibility index (Phi) is 4.74. The number of benzene rings is 1. The minimum absolute atomic E-state index is 0.174. The summed E-state index contributed by atoms with van der Waals surface area (Å²) < 4.78 is 27.4. The van der Waals surface area contributed by atoms with Crippen LogP contribution in [0.5, 0.6) is 0 Å². The van der Waals surface area contributed by atoms with Crippen LogP contribution in [0.15, 0.2) is 36.4 Å². The third-order valence-corrected chi connectivity index (χ3v) is 4.14. The van der Waals surface area contributed by atoms with E-state index in [-0.39, 0.29) is 6.04 Å². The molecule has 1 saturated heterocycles. The highest BCUT2D eigenvalue weighted by molar-refractivity contribution is 5.95. The number of halogens is 2. The van der Waals surface area contributed by atoms with Crippen LogP contribution in [0.3, 0.4) is 0 Å². The van der Waals surface area contributed by atoms with Crippen molar-refractivity contribution in [1.29, 1.82) is 0 Å². The van der Waals surface area contributed by atoms with Crippen LogP contribution in [-0.2, 0) is 0 Å². The molecule has 1 atom stereocenters. The molecule has 1 aliphatic rings. The highest BCUT2D eigenvalue weighted by Gasteiger charge is 2.25. The number of aryl methyl sites for hydroxylation is 1. The van der Waals surface area contributed by atoms with Crippen LogP contribution in [-0.4, -0.2) is 30.0 Å². The summed E-state index contributed by atoms with van der Waals surface area (Å²) in [6.07, 6.45) is 1.64. The average Bonchev–Trinajstić information content (AvgIpc) is 2.55. The summed E-state index contributed by atoms with van der Waals surface area (Å²) in [6.45, 7) is 3.34. The van der Waals surface area contributed by atoms with E-state index in [1.54, 1.807) is 0 Å². The van der Waals surface area contributed by atoms with Crippen molar-refractivity contribution in [3.05, 3.63) is 59.3 Å². The van der Waals surface area contributed by atoms with Crippen molar-refractivity contribution in [1.82, 2.24) is 10.3 Å². The fraction of sp³-hybridized carbons (Fsp3) is 0.333. The molecule has 0 unspecified atom stereocenters. The molecule has 3 rings (SSSR count). The Labute approximate surface area is 139 Å². The lowest BCUT2D eigenvalue weighted by Gasteiger charge is -2.34. The lowest BCUT2D eigenvalue weighted by Crippen LogP contribution is -2.48. The van der Waals surface area contributed by atoms with E-state index in [9.17, 15) is 13.6 Å². The first-order valence-electron chi connectivity index (χ1n) is 7.98. The van der Waals surface area contributed by atoms with Crippen LogP contribution in [0, 0.1) is 18.6 Å². The fourth-order valence-electron chi connectivity index (χ4n) is 2.98. The molecular weight excluding hydrogens is 312 g/mol.